The first-order valence-corrected chi connectivity index (χ1v) is 8.64. The molecule has 5 nitrogen and oxygen atoms in total. The number of carbonyl (C=O) groups excluding carboxylic acids is 1. The number of anilines is 1. The van der Waals surface area contributed by atoms with Crippen LogP contribution in [0, 0.1) is 0 Å². The van der Waals surface area contributed by atoms with Gasteiger partial charge in [-0.25, -0.2) is 4.98 Å². The molecule has 0 saturated carbocycles. The maximum Gasteiger partial charge on any atom is 0.228 e. The lowest BCUT2D eigenvalue weighted by Gasteiger charge is -2.07. The van der Waals surface area contributed by atoms with Gasteiger partial charge in [0, 0.05) is 30.0 Å². The highest BCUT2D eigenvalue weighted by atomic mass is 32.2. The maximum absolute atomic E-state index is 12.2. The number of ether oxygens (including phenoxy) is 1. The van der Waals surface area contributed by atoms with Crippen molar-refractivity contribution in [3.63, 3.8) is 0 Å². The highest BCUT2D eigenvalue weighted by Gasteiger charge is 2.06. The van der Waals surface area contributed by atoms with Crippen molar-refractivity contribution < 1.29 is 9.53 Å². The molecule has 0 fully saturated rings. The number of nitrogens with one attached hydrogen (secondary N) is 1. The molecule has 3 rings (SSSR count). The predicted molar refractivity (Wildman–Crippen MR) is 99.1 cm³/mol. The number of amides is 1. The third-order valence-corrected chi connectivity index (χ3v) is 4.73. The molecule has 0 aliphatic carbocycles. The second-order valence-electron chi connectivity index (χ2n) is 5.52. The third kappa shape index (κ3) is 4.64. The van der Waals surface area contributed by atoms with E-state index in [0.717, 1.165) is 27.1 Å². The van der Waals surface area contributed by atoms with Crippen LogP contribution in [0.3, 0.4) is 0 Å². The number of benzene rings is 2. The van der Waals surface area contributed by atoms with E-state index in [4.69, 9.17) is 4.74 Å². The summed E-state index contributed by atoms with van der Waals surface area (Å²) >= 11 is 1.58. The van der Waals surface area contributed by atoms with Crippen molar-refractivity contribution in [2.45, 2.75) is 16.5 Å². The molecule has 2 aromatic carbocycles. The topological polar surface area (TPSA) is 56.1 Å². The average molecular weight is 353 g/mol. The predicted octanol–water partition coefficient (Wildman–Crippen LogP) is 3.76. The Labute approximate surface area is 151 Å². The van der Waals surface area contributed by atoms with Crippen LogP contribution < -0.4 is 10.1 Å². The lowest BCUT2D eigenvalue weighted by Crippen LogP contribution is -2.14. The molecule has 0 aliphatic rings. The van der Waals surface area contributed by atoms with Gasteiger partial charge in [0.2, 0.25) is 5.91 Å². The quantitative estimate of drug-likeness (QED) is 0.733. The number of rotatable bonds is 6. The number of aromatic nitrogens is 2. The SMILES string of the molecule is COc1ccc(CC(=O)Nc2ccc(Sc3nccn3C)cc2)cc1. The smallest absolute Gasteiger partial charge is 0.228 e. The highest BCUT2D eigenvalue weighted by Crippen LogP contribution is 2.26. The molecule has 128 valence electrons. The molecule has 1 N–H and O–H groups in total. The Bertz CT molecular complexity index is 842. The molecule has 0 bridgehead atoms. The first-order valence-electron chi connectivity index (χ1n) is 7.82. The summed E-state index contributed by atoms with van der Waals surface area (Å²) in [5.74, 6) is 0.736. The minimum absolute atomic E-state index is 0.0466. The van der Waals surface area contributed by atoms with Crippen LogP contribution in [0.5, 0.6) is 5.75 Å². The van der Waals surface area contributed by atoms with Gasteiger partial charge in [0.15, 0.2) is 5.16 Å². The summed E-state index contributed by atoms with van der Waals surface area (Å²) in [5.41, 5.74) is 1.72. The van der Waals surface area contributed by atoms with Crippen LogP contribution in [0.4, 0.5) is 5.69 Å². The molecule has 25 heavy (non-hydrogen) atoms. The number of hydrogen-bond donors (Lipinski definition) is 1. The molecule has 0 spiro atoms. The largest absolute Gasteiger partial charge is 0.497 e. The minimum Gasteiger partial charge on any atom is -0.497 e. The number of carbonyl (C=O) groups is 1. The molecule has 3 aromatic rings. The summed E-state index contributed by atoms with van der Waals surface area (Å²) in [7, 11) is 3.58. The van der Waals surface area contributed by atoms with Gasteiger partial charge in [-0.15, -0.1) is 0 Å². The first kappa shape index (κ1) is 17.1. The van der Waals surface area contributed by atoms with Crippen molar-refractivity contribution in [3.8, 4) is 5.75 Å². The molecule has 0 unspecified atom stereocenters. The van der Waals surface area contributed by atoms with Crippen LogP contribution in [-0.4, -0.2) is 22.6 Å². The van der Waals surface area contributed by atoms with Gasteiger partial charge in [0.1, 0.15) is 5.75 Å². The summed E-state index contributed by atoms with van der Waals surface area (Å²) in [4.78, 5) is 17.5. The van der Waals surface area contributed by atoms with E-state index in [0.29, 0.717) is 6.42 Å². The summed E-state index contributed by atoms with van der Waals surface area (Å²) in [6.45, 7) is 0. The number of imidazole rings is 1. The number of aryl methyl sites for hydroxylation is 1. The zero-order valence-corrected chi connectivity index (χ0v) is 14.9. The van der Waals surface area contributed by atoms with Crippen LogP contribution in [0.2, 0.25) is 0 Å². The molecule has 0 aliphatic heterocycles. The van der Waals surface area contributed by atoms with E-state index in [1.165, 1.54) is 0 Å². The van der Waals surface area contributed by atoms with Crippen molar-refractivity contribution in [1.82, 2.24) is 9.55 Å². The van der Waals surface area contributed by atoms with Gasteiger partial charge in [-0.3, -0.25) is 4.79 Å². The zero-order chi connectivity index (χ0) is 17.6. The number of methoxy groups -OCH3 is 1. The highest BCUT2D eigenvalue weighted by molar-refractivity contribution is 7.99. The van der Waals surface area contributed by atoms with Gasteiger partial charge in [0.25, 0.3) is 0 Å². The molecule has 0 saturated heterocycles. The van der Waals surface area contributed by atoms with Crippen LogP contribution in [0.25, 0.3) is 0 Å². The fourth-order valence-electron chi connectivity index (χ4n) is 2.30. The van der Waals surface area contributed by atoms with Gasteiger partial charge in [0.05, 0.1) is 13.5 Å². The summed E-state index contributed by atoms with van der Waals surface area (Å²) < 4.78 is 7.08. The monoisotopic (exact) mass is 353 g/mol. The van der Waals surface area contributed by atoms with E-state index in [9.17, 15) is 4.79 Å². The van der Waals surface area contributed by atoms with Crippen LogP contribution >= 0.6 is 11.8 Å². The first-order chi connectivity index (χ1) is 12.1. The molecule has 0 atom stereocenters. The summed E-state index contributed by atoms with van der Waals surface area (Å²) in [6, 6.07) is 15.2. The van der Waals surface area contributed by atoms with Crippen molar-refractivity contribution in [1.29, 1.82) is 0 Å². The number of nitrogens with zero attached hydrogens (tertiary/aromatic N) is 2. The second-order valence-corrected chi connectivity index (χ2v) is 6.56. The van der Waals surface area contributed by atoms with E-state index < -0.39 is 0 Å². The Morgan fingerprint density at radius 3 is 2.48 bits per heavy atom. The van der Waals surface area contributed by atoms with E-state index >= 15 is 0 Å². The van der Waals surface area contributed by atoms with E-state index in [1.807, 2.05) is 66.3 Å². The van der Waals surface area contributed by atoms with E-state index in [1.54, 1.807) is 25.1 Å². The lowest BCUT2D eigenvalue weighted by molar-refractivity contribution is -0.115. The van der Waals surface area contributed by atoms with Crippen molar-refractivity contribution >= 4 is 23.4 Å². The molecule has 1 aromatic heterocycles. The van der Waals surface area contributed by atoms with Gasteiger partial charge < -0.3 is 14.6 Å². The van der Waals surface area contributed by atoms with Gasteiger partial charge in [-0.05, 0) is 42.0 Å². The van der Waals surface area contributed by atoms with Gasteiger partial charge in [-0.2, -0.15) is 0 Å². The van der Waals surface area contributed by atoms with Gasteiger partial charge in [-0.1, -0.05) is 23.9 Å². The second kappa shape index (κ2) is 7.90. The average Bonchev–Trinajstić information content (AvgIpc) is 3.02. The van der Waals surface area contributed by atoms with E-state index in [-0.39, 0.29) is 5.91 Å². The summed E-state index contributed by atoms with van der Waals surface area (Å²) in [5, 5.41) is 3.84. The molecular weight excluding hydrogens is 334 g/mol. The Balaban J connectivity index is 1.57. The molecule has 1 heterocycles. The fourth-order valence-corrected chi connectivity index (χ4v) is 3.10. The molecular formula is C19H19N3O2S. The molecule has 0 radical (unpaired) electrons. The van der Waals surface area contributed by atoms with Crippen LogP contribution in [-0.2, 0) is 18.3 Å². The Morgan fingerprint density at radius 1 is 1.16 bits per heavy atom. The lowest BCUT2D eigenvalue weighted by atomic mass is 10.1. The Morgan fingerprint density at radius 2 is 1.88 bits per heavy atom. The van der Waals surface area contributed by atoms with Gasteiger partial charge >= 0.3 is 0 Å². The normalized spacial score (nSPS) is 10.5. The zero-order valence-electron chi connectivity index (χ0n) is 14.1. The Hall–Kier alpha value is -2.73. The van der Waals surface area contributed by atoms with E-state index in [2.05, 4.69) is 10.3 Å². The third-order valence-electron chi connectivity index (χ3n) is 3.65. The Kier molecular flexibility index (Phi) is 5.40. The molecule has 6 heteroatoms. The standard InChI is InChI=1S/C19H19N3O2S/c1-22-12-11-20-19(22)25-17-9-5-15(6-10-17)21-18(23)13-14-3-7-16(24-2)8-4-14/h3-12H,13H2,1-2H3,(H,21,23). The fraction of sp³-hybridized carbons (Fsp3) is 0.158. The number of hydrogen-bond acceptors (Lipinski definition) is 4. The van der Waals surface area contributed by atoms with Crippen LogP contribution in [0.15, 0.2) is 71.0 Å². The minimum atomic E-state index is -0.0466. The molecule has 1 amide bonds. The maximum atomic E-state index is 12.2. The van der Waals surface area contributed by atoms with Crippen molar-refractivity contribution in [3.05, 3.63) is 66.5 Å². The van der Waals surface area contributed by atoms with Crippen molar-refractivity contribution in [2.75, 3.05) is 12.4 Å². The van der Waals surface area contributed by atoms with Crippen molar-refractivity contribution in [2.24, 2.45) is 7.05 Å². The summed E-state index contributed by atoms with van der Waals surface area (Å²) in [6.07, 6.45) is 4.01. The van der Waals surface area contributed by atoms with Crippen LogP contribution in [0.1, 0.15) is 5.56 Å².